The van der Waals surface area contributed by atoms with Gasteiger partial charge in [-0.25, -0.2) is 4.79 Å². The average Bonchev–Trinajstić information content (AvgIpc) is 2.87. The van der Waals surface area contributed by atoms with Crippen LogP contribution < -0.4 is 9.80 Å². The van der Waals surface area contributed by atoms with Gasteiger partial charge in [-0.3, -0.25) is 9.69 Å². The van der Waals surface area contributed by atoms with Crippen LogP contribution in [0.5, 0.6) is 0 Å². The van der Waals surface area contributed by atoms with Crippen molar-refractivity contribution in [2.24, 2.45) is 0 Å². The lowest BCUT2D eigenvalue weighted by Gasteiger charge is -2.42. The van der Waals surface area contributed by atoms with Crippen LogP contribution in [0, 0.1) is 0 Å². The minimum Gasteiger partial charge on any atom is -0.446 e. The molecule has 0 N–H and O–H groups in total. The van der Waals surface area contributed by atoms with Gasteiger partial charge in [-0.15, -0.1) is 0 Å². The van der Waals surface area contributed by atoms with E-state index in [1.54, 1.807) is 4.90 Å². The molecule has 2 aromatic carbocycles. The van der Waals surface area contributed by atoms with Crippen molar-refractivity contribution in [3.8, 4) is 11.1 Å². The summed E-state index contributed by atoms with van der Waals surface area (Å²) in [5, 5.41) is 0. The number of rotatable bonds is 6. The van der Waals surface area contributed by atoms with E-state index in [1.807, 2.05) is 62.1 Å². The molecular formula is C28H37N3O4. The molecule has 1 fully saturated rings. The second-order valence-electron chi connectivity index (χ2n) is 9.62. The van der Waals surface area contributed by atoms with E-state index in [1.165, 1.54) is 6.42 Å². The number of hydrogen-bond acceptors (Lipinski definition) is 5. The van der Waals surface area contributed by atoms with Gasteiger partial charge in [0, 0.05) is 37.8 Å². The monoisotopic (exact) mass is 479 g/mol. The maximum Gasteiger partial charge on any atom is 0.414 e. The van der Waals surface area contributed by atoms with Crippen molar-refractivity contribution in [3.63, 3.8) is 0 Å². The second kappa shape index (κ2) is 11.1. The summed E-state index contributed by atoms with van der Waals surface area (Å²) in [6.07, 6.45) is 2.81. The number of nitrogens with zero attached hydrogens (tertiary/aromatic N) is 3. The number of carbonyl (C=O) groups excluding carboxylic acids is 2. The number of hydrogen-bond donors (Lipinski definition) is 0. The van der Waals surface area contributed by atoms with Crippen LogP contribution in [0.2, 0.25) is 0 Å². The Hall–Kier alpha value is -3.06. The summed E-state index contributed by atoms with van der Waals surface area (Å²) < 4.78 is 11.3. The predicted molar refractivity (Wildman–Crippen MR) is 139 cm³/mol. The minimum absolute atomic E-state index is 0.0831. The third kappa shape index (κ3) is 5.61. The SMILES string of the molecule is CCOCN1c2ccc(-c3ccc(C(=O)N4CCCCC4)cc3)cc2N(C(=O)OC(C)C)C[C@@H]1C. The molecule has 1 atom stereocenters. The van der Waals surface area contributed by atoms with Crippen molar-refractivity contribution in [1.82, 2.24) is 4.90 Å². The molecule has 7 nitrogen and oxygen atoms in total. The Morgan fingerprint density at radius 2 is 1.66 bits per heavy atom. The van der Waals surface area contributed by atoms with E-state index in [4.69, 9.17) is 9.47 Å². The number of anilines is 2. The number of fused-ring (bicyclic) bond motifs is 1. The second-order valence-corrected chi connectivity index (χ2v) is 9.62. The highest BCUT2D eigenvalue weighted by Crippen LogP contribution is 2.39. The van der Waals surface area contributed by atoms with Gasteiger partial charge in [0.1, 0.15) is 6.73 Å². The highest BCUT2D eigenvalue weighted by Gasteiger charge is 2.33. The van der Waals surface area contributed by atoms with E-state index in [2.05, 4.69) is 17.9 Å². The van der Waals surface area contributed by atoms with Crippen LogP contribution in [-0.4, -0.2) is 62.0 Å². The molecule has 1 saturated heterocycles. The van der Waals surface area contributed by atoms with Crippen LogP contribution in [0.3, 0.4) is 0 Å². The molecule has 0 saturated carbocycles. The first-order chi connectivity index (χ1) is 16.9. The summed E-state index contributed by atoms with van der Waals surface area (Å²) in [5.41, 5.74) is 4.44. The van der Waals surface area contributed by atoms with Crippen LogP contribution >= 0.6 is 0 Å². The number of ether oxygens (including phenoxy) is 2. The van der Waals surface area contributed by atoms with E-state index in [9.17, 15) is 9.59 Å². The van der Waals surface area contributed by atoms with E-state index in [0.29, 0.717) is 25.4 Å². The normalized spacial score (nSPS) is 18.0. The first-order valence-corrected chi connectivity index (χ1v) is 12.7. The van der Waals surface area contributed by atoms with Crippen molar-refractivity contribution in [2.45, 2.75) is 59.1 Å². The summed E-state index contributed by atoms with van der Waals surface area (Å²) in [5.74, 6) is 0.102. The molecule has 7 heteroatoms. The van der Waals surface area contributed by atoms with Crippen LogP contribution in [-0.2, 0) is 9.47 Å². The molecule has 35 heavy (non-hydrogen) atoms. The van der Waals surface area contributed by atoms with Gasteiger partial charge < -0.3 is 19.3 Å². The van der Waals surface area contributed by atoms with Crippen LogP contribution in [0.4, 0.5) is 16.2 Å². The summed E-state index contributed by atoms with van der Waals surface area (Å²) in [7, 11) is 0. The summed E-state index contributed by atoms with van der Waals surface area (Å²) in [6, 6.07) is 14.0. The van der Waals surface area contributed by atoms with Gasteiger partial charge in [0.25, 0.3) is 5.91 Å². The van der Waals surface area contributed by atoms with Crippen LogP contribution in [0.1, 0.15) is 57.3 Å². The lowest BCUT2D eigenvalue weighted by atomic mass is 9.99. The zero-order chi connectivity index (χ0) is 24.9. The minimum atomic E-state index is -0.344. The Morgan fingerprint density at radius 1 is 0.971 bits per heavy atom. The Kier molecular flexibility index (Phi) is 7.96. The number of likely N-dealkylation sites (tertiary alicyclic amines) is 1. The van der Waals surface area contributed by atoms with Crippen molar-refractivity contribution in [3.05, 3.63) is 48.0 Å². The van der Waals surface area contributed by atoms with Crippen LogP contribution in [0.15, 0.2) is 42.5 Å². The third-order valence-corrected chi connectivity index (χ3v) is 6.65. The summed E-state index contributed by atoms with van der Waals surface area (Å²) >= 11 is 0. The Balaban J connectivity index is 1.63. The standard InChI is InChI=1S/C28H37N3O4/c1-5-34-19-31-21(4)18-30(28(33)35-20(2)3)26-17-24(13-14-25(26)31)22-9-11-23(12-10-22)27(32)29-15-7-6-8-16-29/h9-14,17,20-21H,5-8,15-16,18-19H2,1-4H3/t21-/m0/s1. The van der Waals surface area contributed by atoms with E-state index in [0.717, 1.165) is 48.4 Å². The zero-order valence-corrected chi connectivity index (χ0v) is 21.3. The molecule has 0 aromatic heterocycles. The molecular weight excluding hydrogens is 442 g/mol. The third-order valence-electron chi connectivity index (χ3n) is 6.65. The topological polar surface area (TPSA) is 62.3 Å². The summed E-state index contributed by atoms with van der Waals surface area (Å²) in [6.45, 7) is 11.1. The van der Waals surface area contributed by atoms with Crippen molar-refractivity contribution in [2.75, 3.05) is 42.8 Å². The molecule has 0 aliphatic carbocycles. The molecule has 2 aliphatic rings. The fraction of sp³-hybridized carbons (Fsp3) is 0.500. The van der Waals surface area contributed by atoms with Gasteiger partial charge in [-0.2, -0.15) is 0 Å². The highest BCUT2D eigenvalue weighted by molar-refractivity contribution is 5.96. The smallest absolute Gasteiger partial charge is 0.414 e. The largest absolute Gasteiger partial charge is 0.446 e. The molecule has 0 unspecified atom stereocenters. The molecule has 2 aromatic rings. The van der Waals surface area contributed by atoms with Gasteiger partial charge in [0.15, 0.2) is 0 Å². The predicted octanol–water partition coefficient (Wildman–Crippen LogP) is 5.53. The number of benzene rings is 2. The van der Waals surface area contributed by atoms with Crippen molar-refractivity contribution >= 4 is 23.4 Å². The summed E-state index contributed by atoms with van der Waals surface area (Å²) in [4.78, 5) is 31.7. The van der Waals surface area contributed by atoms with Crippen LogP contribution in [0.25, 0.3) is 11.1 Å². The maximum atomic E-state index is 13.0. The lowest BCUT2D eigenvalue weighted by molar-refractivity contribution is 0.0724. The number of carbonyl (C=O) groups is 2. The molecule has 0 bridgehead atoms. The molecule has 2 amide bonds. The Labute approximate surface area is 208 Å². The first kappa shape index (κ1) is 25.0. The highest BCUT2D eigenvalue weighted by atomic mass is 16.6. The molecule has 188 valence electrons. The quantitative estimate of drug-likeness (QED) is 0.545. The van der Waals surface area contributed by atoms with E-state index < -0.39 is 0 Å². The van der Waals surface area contributed by atoms with Crippen molar-refractivity contribution < 1.29 is 19.1 Å². The van der Waals surface area contributed by atoms with Crippen molar-refractivity contribution in [1.29, 1.82) is 0 Å². The molecule has 2 heterocycles. The number of amides is 2. The lowest BCUT2D eigenvalue weighted by Crippen LogP contribution is -2.50. The Bertz CT molecular complexity index is 1030. The fourth-order valence-corrected chi connectivity index (χ4v) is 4.77. The van der Waals surface area contributed by atoms with Gasteiger partial charge in [0.05, 0.1) is 17.5 Å². The molecule has 0 radical (unpaired) electrons. The maximum absolute atomic E-state index is 13.0. The van der Waals surface area contributed by atoms with Gasteiger partial charge in [0.2, 0.25) is 0 Å². The fourth-order valence-electron chi connectivity index (χ4n) is 4.77. The molecule has 2 aliphatic heterocycles. The van der Waals surface area contributed by atoms with E-state index in [-0.39, 0.29) is 24.1 Å². The molecule has 0 spiro atoms. The first-order valence-electron chi connectivity index (χ1n) is 12.7. The Morgan fingerprint density at radius 3 is 2.31 bits per heavy atom. The van der Waals surface area contributed by atoms with Gasteiger partial charge >= 0.3 is 6.09 Å². The average molecular weight is 480 g/mol. The van der Waals surface area contributed by atoms with Gasteiger partial charge in [-0.1, -0.05) is 18.2 Å². The van der Waals surface area contributed by atoms with Gasteiger partial charge in [-0.05, 0) is 82.3 Å². The number of piperidine rings is 1. The molecule has 4 rings (SSSR count). The zero-order valence-electron chi connectivity index (χ0n) is 21.3. The van der Waals surface area contributed by atoms with E-state index >= 15 is 0 Å².